The normalized spacial score (nSPS) is 16.6. The maximum atomic E-state index is 11.8. The Hall–Kier alpha value is -1.35. The van der Waals surface area contributed by atoms with Gasteiger partial charge in [0.05, 0.1) is 0 Å². The van der Waals surface area contributed by atoms with Crippen molar-refractivity contribution in [2.75, 3.05) is 5.32 Å². The lowest BCUT2D eigenvalue weighted by molar-refractivity contribution is -0.116. The van der Waals surface area contributed by atoms with Gasteiger partial charge in [0.15, 0.2) is 0 Å². The van der Waals surface area contributed by atoms with Gasteiger partial charge in [-0.1, -0.05) is 6.07 Å². The molecule has 92 valence electrons. The highest BCUT2D eigenvalue weighted by Crippen LogP contribution is 2.32. The largest absolute Gasteiger partial charge is 0.327 e. The molecule has 1 aliphatic carbocycles. The van der Waals surface area contributed by atoms with Gasteiger partial charge in [-0.05, 0) is 55.9 Å². The number of nitrogens with one attached hydrogen (secondary N) is 1. The number of anilines is 1. The van der Waals surface area contributed by atoms with E-state index in [1.807, 2.05) is 26.0 Å². The van der Waals surface area contributed by atoms with E-state index in [4.69, 9.17) is 5.73 Å². The SMILES string of the molecule is Cc1cc(C)cc(NC(=O)CC(N)C2CC2)c1. The summed E-state index contributed by atoms with van der Waals surface area (Å²) in [7, 11) is 0. The van der Waals surface area contributed by atoms with Crippen molar-refractivity contribution in [2.24, 2.45) is 11.7 Å². The Balaban J connectivity index is 1.92. The van der Waals surface area contributed by atoms with Crippen LogP contribution in [-0.2, 0) is 4.79 Å². The number of rotatable bonds is 4. The highest BCUT2D eigenvalue weighted by molar-refractivity contribution is 5.91. The van der Waals surface area contributed by atoms with Crippen LogP contribution >= 0.6 is 0 Å². The summed E-state index contributed by atoms with van der Waals surface area (Å²) in [5, 5.41) is 2.92. The molecular weight excluding hydrogens is 212 g/mol. The molecule has 0 aromatic heterocycles. The highest BCUT2D eigenvalue weighted by Gasteiger charge is 2.29. The van der Waals surface area contributed by atoms with Crippen LogP contribution in [0.1, 0.15) is 30.4 Å². The summed E-state index contributed by atoms with van der Waals surface area (Å²) in [6.07, 6.45) is 2.79. The molecule has 1 amide bonds. The van der Waals surface area contributed by atoms with E-state index in [0.717, 1.165) is 16.8 Å². The third-order valence-corrected chi connectivity index (χ3v) is 3.15. The molecule has 3 N–H and O–H groups in total. The van der Waals surface area contributed by atoms with Gasteiger partial charge in [0.25, 0.3) is 0 Å². The Bertz CT molecular complexity index is 404. The molecule has 1 unspecified atom stereocenters. The van der Waals surface area contributed by atoms with Crippen LogP contribution in [0.2, 0.25) is 0 Å². The Morgan fingerprint density at radius 3 is 2.47 bits per heavy atom. The molecule has 0 radical (unpaired) electrons. The predicted molar refractivity (Wildman–Crippen MR) is 69.9 cm³/mol. The topological polar surface area (TPSA) is 55.1 Å². The third kappa shape index (κ3) is 3.56. The number of carbonyl (C=O) groups is 1. The van der Waals surface area contributed by atoms with Gasteiger partial charge in [-0.2, -0.15) is 0 Å². The van der Waals surface area contributed by atoms with Crippen molar-refractivity contribution in [3.05, 3.63) is 29.3 Å². The molecule has 0 bridgehead atoms. The number of aryl methyl sites for hydroxylation is 2. The average molecular weight is 232 g/mol. The van der Waals surface area contributed by atoms with Crippen LogP contribution in [0.3, 0.4) is 0 Å². The minimum absolute atomic E-state index is 0.0226. The van der Waals surface area contributed by atoms with Gasteiger partial charge in [-0.3, -0.25) is 4.79 Å². The summed E-state index contributed by atoms with van der Waals surface area (Å²) >= 11 is 0. The smallest absolute Gasteiger partial charge is 0.225 e. The van der Waals surface area contributed by atoms with Crippen LogP contribution in [0.4, 0.5) is 5.69 Å². The summed E-state index contributed by atoms with van der Waals surface area (Å²) in [4.78, 5) is 11.8. The van der Waals surface area contributed by atoms with Crippen LogP contribution in [-0.4, -0.2) is 11.9 Å². The Labute approximate surface area is 102 Å². The van der Waals surface area contributed by atoms with E-state index < -0.39 is 0 Å². The molecule has 3 nitrogen and oxygen atoms in total. The molecule has 1 aromatic carbocycles. The van der Waals surface area contributed by atoms with E-state index >= 15 is 0 Å². The minimum atomic E-state index is 0.0226. The number of hydrogen-bond acceptors (Lipinski definition) is 2. The number of carbonyl (C=O) groups excluding carboxylic acids is 1. The molecule has 0 aliphatic heterocycles. The Morgan fingerprint density at radius 2 is 1.94 bits per heavy atom. The van der Waals surface area contributed by atoms with Crippen molar-refractivity contribution < 1.29 is 4.79 Å². The van der Waals surface area contributed by atoms with Gasteiger partial charge in [-0.15, -0.1) is 0 Å². The number of amides is 1. The quantitative estimate of drug-likeness (QED) is 0.837. The second kappa shape index (κ2) is 4.88. The second-order valence-electron chi connectivity index (χ2n) is 5.13. The van der Waals surface area contributed by atoms with E-state index in [9.17, 15) is 4.79 Å². The molecule has 1 aliphatic rings. The summed E-state index contributed by atoms with van der Waals surface area (Å²) < 4.78 is 0. The fourth-order valence-corrected chi connectivity index (χ4v) is 2.16. The molecule has 1 atom stereocenters. The molecule has 1 saturated carbocycles. The molecule has 0 heterocycles. The van der Waals surface area contributed by atoms with Crippen LogP contribution in [0, 0.1) is 19.8 Å². The van der Waals surface area contributed by atoms with Crippen LogP contribution in [0.5, 0.6) is 0 Å². The van der Waals surface area contributed by atoms with E-state index in [-0.39, 0.29) is 11.9 Å². The predicted octanol–water partition coefficient (Wildman–Crippen LogP) is 2.37. The molecule has 1 aromatic rings. The van der Waals surface area contributed by atoms with Crippen molar-refractivity contribution >= 4 is 11.6 Å². The lowest BCUT2D eigenvalue weighted by Gasteiger charge is -2.11. The van der Waals surface area contributed by atoms with Gasteiger partial charge in [0.2, 0.25) is 5.91 Å². The monoisotopic (exact) mass is 232 g/mol. The first-order valence-electron chi connectivity index (χ1n) is 6.18. The van der Waals surface area contributed by atoms with E-state index in [0.29, 0.717) is 12.3 Å². The first-order chi connectivity index (χ1) is 8.04. The van der Waals surface area contributed by atoms with Crippen molar-refractivity contribution in [1.29, 1.82) is 0 Å². The van der Waals surface area contributed by atoms with Gasteiger partial charge < -0.3 is 11.1 Å². The molecule has 0 saturated heterocycles. The van der Waals surface area contributed by atoms with Gasteiger partial charge in [0, 0.05) is 18.2 Å². The molecule has 1 fully saturated rings. The van der Waals surface area contributed by atoms with Crippen molar-refractivity contribution in [3.8, 4) is 0 Å². The van der Waals surface area contributed by atoms with E-state index in [2.05, 4.69) is 11.4 Å². The maximum absolute atomic E-state index is 11.8. The summed E-state index contributed by atoms with van der Waals surface area (Å²) in [5.41, 5.74) is 9.12. The van der Waals surface area contributed by atoms with Crippen LogP contribution in [0.25, 0.3) is 0 Å². The van der Waals surface area contributed by atoms with E-state index in [1.54, 1.807) is 0 Å². The Kier molecular flexibility index (Phi) is 3.48. The van der Waals surface area contributed by atoms with Crippen molar-refractivity contribution in [3.63, 3.8) is 0 Å². The van der Waals surface area contributed by atoms with Crippen molar-refractivity contribution in [1.82, 2.24) is 0 Å². The van der Waals surface area contributed by atoms with Gasteiger partial charge in [0.1, 0.15) is 0 Å². The number of hydrogen-bond donors (Lipinski definition) is 2. The first kappa shape index (κ1) is 12.1. The number of nitrogens with two attached hydrogens (primary N) is 1. The number of benzene rings is 1. The van der Waals surface area contributed by atoms with E-state index in [1.165, 1.54) is 12.8 Å². The molecule has 3 heteroatoms. The fourth-order valence-electron chi connectivity index (χ4n) is 2.16. The Morgan fingerprint density at radius 1 is 1.35 bits per heavy atom. The first-order valence-corrected chi connectivity index (χ1v) is 6.18. The fraction of sp³-hybridized carbons (Fsp3) is 0.500. The van der Waals surface area contributed by atoms with Crippen LogP contribution < -0.4 is 11.1 Å². The summed E-state index contributed by atoms with van der Waals surface area (Å²) in [6, 6.07) is 6.08. The van der Waals surface area contributed by atoms with Crippen LogP contribution in [0.15, 0.2) is 18.2 Å². The standard InChI is InChI=1S/C14H20N2O/c1-9-5-10(2)7-12(6-9)16-14(17)8-13(15)11-3-4-11/h5-7,11,13H,3-4,8,15H2,1-2H3,(H,16,17). The summed E-state index contributed by atoms with van der Waals surface area (Å²) in [5.74, 6) is 0.592. The third-order valence-electron chi connectivity index (χ3n) is 3.15. The zero-order valence-electron chi connectivity index (χ0n) is 10.5. The van der Waals surface area contributed by atoms with Crippen molar-refractivity contribution in [2.45, 2.75) is 39.2 Å². The minimum Gasteiger partial charge on any atom is -0.327 e. The second-order valence-corrected chi connectivity index (χ2v) is 5.13. The maximum Gasteiger partial charge on any atom is 0.225 e. The average Bonchev–Trinajstić information content (AvgIpc) is 2.97. The van der Waals surface area contributed by atoms with Gasteiger partial charge >= 0.3 is 0 Å². The lowest BCUT2D eigenvalue weighted by Crippen LogP contribution is -2.28. The zero-order chi connectivity index (χ0) is 12.4. The molecule has 2 rings (SSSR count). The summed E-state index contributed by atoms with van der Waals surface area (Å²) in [6.45, 7) is 4.05. The molecule has 17 heavy (non-hydrogen) atoms. The lowest BCUT2D eigenvalue weighted by atomic mass is 10.1. The zero-order valence-corrected chi connectivity index (χ0v) is 10.5. The molecule has 0 spiro atoms. The highest BCUT2D eigenvalue weighted by atomic mass is 16.1. The van der Waals surface area contributed by atoms with Gasteiger partial charge in [-0.25, -0.2) is 0 Å². The molecular formula is C14H20N2O.